The van der Waals surface area contributed by atoms with Gasteiger partial charge in [0.2, 0.25) is 0 Å². The lowest BCUT2D eigenvalue weighted by Crippen LogP contribution is -2.43. The van der Waals surface area contributed by atoms with Gasteiger partial charge in [-0.25, -0.2) is 0 Å². The van der Waals surface area contributed by atoms with Gasteiger partial charge in [-0.15, -0.1) is 0 Å². The van der Waals surface area contributed by atoms with Crippen LogP contribution in [0.1, 0.15) is 48.9 Å². The first-order valence-corrected chi connectivity index (χ1v) is 13.1. The Bertz CT molecular complexity index is 991. The number of carbonyl (C=O) groups is 1. The highest BCUT2D eigenvalue weighted by Crippen LogP contribution is 2.50. The average molecular weight is 431 g/mol. The van der Waals surface area contributed by atoms with E-state index in [0.29, 0.717) is 40.4 Å². The molecule has 3 N–H and O–H groups in total. The van der Waals surface area contributed by atoms with Crippen molar-refractivity contribution in [3.8, 4) is 5.75 Å². The topological polar surface area (TPSA) is 99.8 Å². The van der Waals surface area contributed by atoms with Crippen LogP contribution in [0.25, 0.3) is 11.0 Å². The van der Waals surface area contributed by atoms with Gasteiger partial charge in [0, 0.05) is 24.3 Å². The summed E-state index contributed by atoms with van der Waals surface area (Å²) < 4.78 is 16.8. The van der Waals surface area contributed by atoms with Crippen molar-refractivity contribution < 1.29 is 23.8 Å². The Morgan fingerprint density at radius 2 is 2.10 bits per heavy atom. The zero-order valence-corrected chi connectivity index (χ0v) is 18.2. The average Bonchev–Trinajstić information content (AvgIpc) is 3.38. The lowest BCUT2D eigenvalue weighted by atomic mass is 9.82. The first-order chi connectivity index (χ1) is 14.3. The zero-order chi connectivity index (χ0) is 21.3. The van der Waals surface area contributed by atoms with Crippen molar-refractivity contribution in [3.63, 3.8) is 0 Å². The number of rotatable bonds is 8. The van der Waals surface area contributed by atoms with Gasteiger partial charge in [0.1, 0.15) is 17.6 Å². The fourth-order valence-electron chi connectivity index (χ4n) is 5.27. The third kappa shape index (κ3) is 4.65. The Kier molecular flexibility index (Phi) is 6.08. The molecule has 2 aliphatic rings. The minimum Gasteiger partial charge on any atom is -0.508 e. The van der Waals surface area contributed by atoms with Crippen molar-refractivity contribution >= 4 is 24.2 Å². The lowest BCUT2D eigenvalue weighted by molar-refractivity contribution is 0.0901. The molecule has 1 aromatic carbocycles. The van der Waals surface area contributed by atoms with Gasteiger partial charge >= 0.3 is 0 Å². The van der Waals surface area contributed by atoms with Crippen molar-refractivity contribution in [2.24, 2.45) is 17.8 Å². The third-order valence-electron chi connectivity index (χ3n) is 6.71. The molecule has 6 nitrogen and oxygen atoms in total. The molecule has 1 heterocycles. The lowest BCUT2D eigenvalue weighted by Gasteiger charge is -2.31. The predicted molar refractivity (Wildman–Crippen MR) is 117 cm³/mol. The molecule has 0 spiro atoms. The first-order valence-electron chi connectivity index (χ1n) is 10.8. The van der Waals surface area contributed by atoms with Crippen LogP contribution in [0.3, 0.4) is 0 Å². The van der Waals surface area contributed by atoms with Gasteiger partial charge in [0.05, 0.1) is 5.56 Å². The summed E-state index contributed by atoms with van der Waals surface area (Å²) in [5.74, 6) is 1.55. The summed E-state index contributed by atoms with van der Waals surface area (Å²) in [6, 6.07) is 4.93. The minimum atomic E-state index is -2.92. The maximum absolute atomic E-state index is 13.0. The molecule has 162 valence electrons. The summed E-state index contributed by atoms with van der Waals surface area (Å²) in [6.45, 7) is 1.41. The van der Waals surface area contributed by atoms with Crippen LogP contribution in [0.4, 0.5) is 0 Å². The normalized spacial score (nSPS) is 27.7. The Labute approximate surface area is 176 Å². The molecular weight excluding hydrogens is 401 g/mol. The standard InChI is InChI=1S/C23H30NO5P/c1-30(27,28)11-5-3-2-4-6-18-15-7-8-16(12-15)22(18)24-23(26)20-14-29-21-10-9-17(25)13-19(20)21/h2,4,9-10,13-16,18,22,25H,3,5-8,11-12H2,1H3,(H,24,26)(H,27,28)/b4-2-/t15-,16-,18?,22?/m0/s1. The highest BCUT2D eigenvalue weighted by molar-refractivity contribution is 7.57. The number of amides is 1. The van der Waals surface area contributed by atoms with Gasteiger partial charge in [0.25, 0.3) is 5.91 Å². The van der Waals surface area contributed by atoms with Crippen LogP contribution in [0.2, 0.25) is 0 Å². The van der Waals surface area contributed by atoms with E-state index in [-0.39, 0.29) is 17.7 Å². The molecular formula is C23H30NO5P. The van der Waals surface area contributed by atoms with Crippen molar-refractivity contribution in [2.75, 3.05) is 12.8 Å². The summed E-state index contributed by atoms with van der Waals surface area (Å²) in [5.41, 5.74) is 1.05. The van der Waals surface area contributed by atoms with Gasteiger partial charge in [-0.2, -0.15) is 0 Å². The van der Waals surface area contributed by atoms with Crippen LogP contribution in [0.15, 0.2) is 41.0 Å². The van der Waals surface area contributed by atoms with E-state index < -0.39 is 7.37 Å². The highest BCUT2D eigenvalue weighted by Gasteiger charge is 2.47. The van der Waals surface area contributed by atoms with Gasteiger partial charge in [0.15, 0.2) is 7.37 Å². The minimum absolute atomic E-state index is 0.113. The molecule has 30 heavy (non-hydrogen) atoms. The van der Waals surface area contributed by atoms with Crippen LogP contribution in [0, 0.1) is 17.8 Å². The molecule has 0 radical (unpaired) electrons. The number of hydrogen-bond donors (Lipinski definition) is 3. The molecule has 4 rings (SSSR count). The number of carbonyl (C=O) groups excluding carboxylic acids is 1. The number of fused-ring (bicyclic) bond motifs is 3. The Hall–Kier alpha value is -2.04. The number of benzene rings is 1. The van der Waals surface area contributed by atoms with Gasteiger partial charge < -0.3 is 19.7 Å². The van der Waals surface area contributed by atoms with Gasteiger partial charge in [-0.05, 0) is 74.5 Å². The number of nitrogens with one attached hydrogen (secondary N) is 1. The molecule has 2 fully saturated rings. The smallest absolute Gasteiger partial charge is 0.255 e. The van der Waals surface area contributed by atoms with Crippen LogP contribution in [0.5, 0.6) is 5.75 Å². The number of allylic oxidation sites excluding steroid dienone is 2. The maximum atomic E-state index is 13.0. The van der Waals surface area contributed by atoms with E-state index in [1.807, 2.05) is 0 Å². The van der Waals surface area contributed by atoms with Crippen LogP contribution < -0.4 is 5.32 Å². The predicted octanol–water partition coefficient (Wildman–Crippen LogP) is 4.91. The van der Waals surface area contributed by atoms with Gasteiger partial charge in [-0.3, -0.25) is 9.36 Å². The number of phenols is 1. The quantitative estimate of drug-likeness (QED) is 0.313. The molecule has 2 saturated carbocycles. The molecule has 3 unspecified atom stereocenters. The summed E-state index contributed by atoms with van der Waals surface area (Å²) in [6.07, 6.45) is 12.1. The molecule has 1 aromatic heterocycles. The summed E-state index contributed by atoms with van der Waals surface area (Å²) in [5, 5.41) is 13.7. The molecule has 2 bridgehead atoms. The number of phenolic OH excluding ortho intramolecular Hbond substituents is 1. The van der Waals surface area contributed by atoms with E-state index in [0.717, 1.165) is 25.7 Å². The van der Waals surface area contributed by atoms with E-state index in [2.05, 4.69) is 17.5 Å². The van der Waals surface area contributed by atoms with Crippen molar-refractivity contribution in [1.29, 1.82) is 0 Å². The van der Waals surface area contributed by atoms with E-state index in [4.69, 9.17) is 4.42 Å². The SMILES string of the molecule is CP(=O)(O)CCC/C=C\CC1C(NC(=O)c2coc3ccc(O)cc23)[C@H]2CC[C@H]1C2. The highest BCUT2D eigenvalue weighted by atomic mass is 31.2. The van der Waals surface area contributed by atoms with Crippen LogP contribution in [-0.4, -0.2) is 34.8 Å². The van der Waals surface area contributed by atoms with Crippen molar-refractivity contribution in [2.45, 2.75) is 44.6 Å². The third-order valence-corrected chi connectivity index (χ3v) is 7.85. The van der Waals surface area contributed by atoms with Crippen LogP contribution >= 0.6 is 7.37 Å². The molecule has 0 saturated heterocycles. The number of unbranched alkanes of at least 4 members (excludes halogenated alkanes) is 1. The van der Waals surface area contributed by atoms with E-state index >= 15 is 0 Å². The second-order valence-corrected chi connectivity index (χ2v) is 11.5. The number of furan rings is 1. The molecule has 1 amide bonds. The number of aromatic hydroxyl groups is 1. The van der Waals surface area contributed by atoms with E-state index in [9.17, 15) is 19.4 Å². The summed E-state index contributed by atoms with van der Waals surface area (Å²) in [7, 11) is -2.92. The van der Waals surface area contributed by atoms with Crippen molar-refractivity contribution in [3.05, 3.63) is 42.2 Å². The largest absolute Gasteiger partial charge is 0.508 e. The number of hydrogen-bond acceptors (Lipinski definition) is 4. The van der Waals surface area contributed by atoms with E-state index in [1.54, 1.807) is 18.2 Å². The molecule has 7 heteroatoms. The molecule has 2 aliphatic carbocycles. The summed E-state index contributed by atoms with van der Waals surface area (Å²) in [4.78, 5) is 22.4. The molecule has 5 atom stereocenters. The maximum Gasteiger partial charge on any atom is 0.255 e. The first kappa shape index (κ1) is 21.2. The van der Waals surface area contributed by atoms with Crippen molar-refractivity contribution in [1.82, 2.24) is 5.32 Å². The fraction of sp³-hybridized carbons (Fsp3) is 0.522. The summed E-state index contributed by atoms with van der Waals surface area (Å²) >= 11 is 0. The Morgan fingerprint density at radius 3 is 2.90 bits per heavy atom. The van der Waals surface area contributed by atoms with Crippen LogP contribution in [-0.2, 0) is 4.57 Å². The van der Waals surface area contributed by atoms with Gasteiger partial charge in [-0.1, -0.05) is 12.2 Å². The zero-order valence-electron chi connectivity index (χ0n) is 17.3. The Balaban J connectivity index is 1.39. The molecule has 2 aromatic rings. The van der Waals surface area contributed by atoms with E-state index in [1.165, 1.54) is 25.8 Å². The second-order valence-electron chi connectivity index (χ2n) is 8.95. The Morgan fingerprint density at radius 1 is 1.30 bits per heavy atom. The fourth-order valence-corrected chi connectivity index (χ4v) is 6.04. The molecule has 0 aliphatic heterocycles. The monoisotopic (exact) mass is 431 g/mol. The second kappa shape index (κ2) is 8.60.